The van der Waals surface area contributed by atoms with E-state index in [2.05, 4.69) is 5.32 Å². The molecule has 0 unspecified atom stereocenters. The summed E-state index contributed by atoms with van der Waals surface area (Å²) in [5, 5.41) is 2.58. The van der Waals surface area contributed by atoms with E-state index >= 15 is 0 Å². The van der Waals surface area contributed by atoms with E-state index in [1.807, 2.05) is 0 Å². The highest BCUT2D eigenvalue weighted by molar-refractivity contribution is 6.33. The molecule has 1 N–H and O–H groups in total. The van der Waals surface area contributed by atoms with Crippen molar-refractivity contribution >= 4 is 29.2 Å². The number of ether oxygens (including phenoxy) is 2. The molecule has 3 aromatic carbocycles. The van der Waals surface area contributed by atoms with E-state index in [-0.39, 0.29) is 5.02 Å². The van der Waals surface area contributed by atoms with Crippen molar-refractivity contribution in [2.75, 3.05) is 12.4 Å². The Kier molecular flexibility index (Phi) is 6.46. The summed E-state index contributed by atoms with van der Waals surface area (Å²) in [6, 6.07) is 19.0. The number of halogens is 2. The molecule has 148 valence electrons. The van der Waals surface area contributed by atoms with Gasteiger partial charge in [-0.1, -0.05) is 54.1 Å². The largest absolute Gasteiger partial charge is 0.497 e. The summed E-state index contributed by atoms with van der Waals surface area (Å²) in [5.74, 6) is -1.93. The first-order valence-corrected chi connectivity index (χ1v) is 9.02. The molecule has 0 aliphatic rings. The monoisotopic (exact) mass is 413 g/mol. The van der Waals surface area contributed by atoms with Crippen LogP contribution < -0.4 is 10.1 Å². The van der Waals surface area contributed by atoms with E-state index in [4.69, 9.17) is 21.1 Å². The first-order chi connectivity index (χ1) is 14.0. The molecule has 0 aliphatic carbocycles. The quantitative estimate of drug-likeness (QED) is 0.576. The number of carbonyl (C=O) groups excluding carboxylic acids is 2. The Hall–Kier alpha value is -3.38. The van der Waals surface area contributed by atoms with Gasteiger partial charge in [0, 0.05) is 17.3 Å². The maximum absolute atomic E-state index is 14.1. The summed E-state index contributed by atoms with van der Waals surface area (Å²) in [5.41, 5.74) is 0.452. The predicted molar refractivity (Wildman–Crippen MR) is 108 cm³/mol. The Bertz CT molecular complexity index is 1010. The Labute approximate surface area is 172 Å². The number of hydrogen-bond acceptors (Lipinski definition) is 4. The number of methoxy groups -OCH3 is 1. The molecule has 5 nitrogen and oxygen atoms in total. The van der Waals surface area contributed by atoms with Gasteiger partial charge in [-0.2, -0.15) is 0 Å². The number of benzene rings is 3. The van der Waals surface area contributed by atoms with Crippen molar-refractivity contribution in [3.8, 4) is 5.75 Å². The number of nitrogens with one attached hydrogen (secondary N) is 1. The number of anilines is 1. The summed E-state index contributed by atoms with van der Waals surface area (Å²) in [7, 11) is 1.51. The molecule has 7 heteroatoms. The summed E-state index contributed by atoms with van der Waals surface area (Å²) in [6.45, 7) is 0. The molecule has 0 spiro atoms. The van der Waals surface area contributed by atoms with E-state index in [0.29, 0.717) is 17.0 Å². The highest BCUT2D eigenvalue weighted by Crippen LogP contribution is 2.26. The van der Waals surface area contributed by atoms with Gasteiger partial charge in [-0.15, -0.1) is 0 Å². The third kappa shape index (κ3) is 4.92. The molecular weight excluding hydrogens is 397 g/mol. The second-order valence-electron chi connectivity index (χ2n) is 6.01. The Morgan fingerprint density at radius 1 is 1.00 bits per heavy atom. The molecule has 1 atom stereocenters. The number of esters is 1. The fourth-order valence-corrected chi connectivity index (χ4v) is 2.91. The van der Waals surface area contributed by atoms with E-state index in [9.17, 15) is 14.0 Å². The first-order valence-electron chi connectivity index (χ1n) is 8.64. The van der Waals surface area contributed by atoms with Gasteiger partial charge in [0.15, 0.2) is 0 Å². The fourth-order valence-electron chi connectivity index (χ4n) is 2.67. The number of carbonyl (C=O) groups is 2. The van der Waals surface area contributed by atoms with Gasteiger partial charge in [-0.25, -0.2) is 9.18 Å². The van der Waals surface area contributed by atoms with Crippen LogP contribution in [0.5, 0.6) is 5.75 Å². The van der Waals surface area contributed by atoms with Gasteiger partial charge in [0.2, 0.25) is 6.10 Å². The van der Waals surface area contributed by atoms with Crippen LogP contribution >= 0.6 is 11.6 Å². The SMILES string of the molecule is COc1cccc(NC(=O)[C@@H](OC(=O)c2c(F)cccc2Cl)c2ccccc2)c1. The average molecular weight is 414 g/mol. The predicted octanol–water partition coefficient (Wildman–Crippen LogP) is 5.02. The second-order valence-corrected chi connectivity index (χ2v) is 6.42. The van der Waals surface area contributed by atoms with Crippen LogP contribution in [0, 0.1) is 5.82 Å². The molecule has 0 fully saturated rings. The summed E-state index contributed by atoms with van der Waals surface area (Å²) >= 11 is 5.94. The fraction of sp³-hybridized carbons (Fsp3) is 0.0909. The van der Waals surface area contributed by atoms with Crippen LogP contribution in [0.1, 0.15) is 22.0 Å². The van der Waals surface area contributed by atoms with Crippen molar-refractivity contribution in [3.63, 3.8) is 0 Å². The van der Waals surface area contributed by atoms with Crippen LogP contribution in [0.2, 0.25) is 5.02 Å². The lowest BCUT2D eigenvalue weighted by Gasteiger charge is -2.19. The zero-order valence-corrected chi connectivity index (χ0v) is 16.2. The highest BCUT2D eigenvalue weighted by atomic mass is 35.5. The molecule has 0 aliphatic heterocycles. The van der Waals surface area contributed by atoms with Crippen molar-refractivity contribution in [3.05, 3.63) is 94.8 Å². The van der Waals surface area contributed by atoms with Crippen LogP contribution in [0.15, 0.2) is 72.8 Å². The first kappa shape index (κ1) is 20.4. The highest BCUT2D eigenvalue weighted by Gasteiger charge is 2.28. The van der Waals surface area contributed by atoms with E-state index in [1.165, 1.54) is 19.2 Å². The van der Waals surface area contributed by atoms with Crippen molar-refractivity contribution in [2.45, 2.75) is 6.10 Å². The van der Waals surface area contributed by atoms with Gasteiger partial charge in [0.1, 0.15) is 17.1 Å². The number of amides is 1. The summed E-state index contributed by atoms with van der Waals surface area (Å²) in [4.78, 5) is 25.5. The maximum atomic E-state index is 14.1. The lowest BCUT2D eigenvalue weighted by Crippen LogP contribution is -2.26. The molecule has 0 heterocycles. The topological polar surface area (TPSA) is 64.6 Å². The molecular formula is C22H17ClFNO4. The zero-order valence-electron chi connectivity index (χ0n) is 15.4. The third-order valence-corrected chi connectivity index (χ3v) is 4.38. The van der Waals surface area contributed by atoms with Gasteiger partial charge >= 0.3 is 5.97 Å². The maximum Gasteiger partial charge on any atom is 0.343 e. The molecule has 0 bridgehead atoms. The molecule has 3 aromatic rings. The van der Waals surface area contributed by atoms with Gasteiger partial charge in [-0.05, 0) is 24.3 Å². The molecule has 0 radical (unpaired) electrons. The van der Waals surface area contributed by atoms with E-state index < -0.39 is 29.4 Å². The van der Waals surface area contributed by atoms with Crippen molar-refractivity contribution in [2.24, 2.45) is 0 Å². The lowest BCUT2D eigenvalue weighted by atomic mass is 10.1. The molecule has 0 saturated heterocycles. The molecule has 0 saturated carbocycles. The summed E-state index contributed by atoms with van der Waals surface area (Å²) in [6.07, 6.45) is -1.31. The van der Waals surface area contributed by atoms with E-state index in [0.717, 1.165) is 6.07 Å². The Morgan fingerprint density at radius 3 is 2.41 bits per heavy atom. The minimum atomic E-state index is -1.31. The van der Waals surface area contributed by atoms with Crippen molar-refractivity contribution in [1.29, 1.82) is 0 Å². The van der Waals surface area contributed by atoms with Gasteiger partial charge < -0.3 is 14.8 Å². The molecule has 0 aromatic heterocycles. The van der Waals surface area contributed by atoms with Gasteiger partial charge in [0.25, 0.3) is 5.91 Å². The number of hydrogen-bond donors (Lipinski definition) is 1. The summed E-state index contributed by atoms with van der Waals surface area (Å²) < 4.78 is 24.6. The Balaban J connectivity index is 1.89. The third-order valence-electron chi connectivity index (χ3n) is 4.07. The molecule has 3 rings (SSSR count). The normalized spacial score (nSPS) is 11.4. The lowest BCUT2D eigenvalue weighted by molar-refractivity contribution is -0.125. The standard InChI is InChI=1S/C22H17ClFNO4/c1-28-16-10-5-9-15(13-16)25-21(26)20(14-7-3-2-4-8-14)29-22(27)19-17(23)11-6-12-18(19)24/h2-13,20H,1H3,(H,25,26)/t20-/m0/s1. The van der Waals surface area contributed by atoms with Crippen LogP contribution in [0.3, 0.4) is 0 Å². The zero-order chi connectivity index (χ0) is 20.8. The molecule has 1 amide bonds. The van der Waals surface area contributed by atoms with Crippen LogP contribution in [0.4, 0.5) is 10.1 Å². The second kappa shape index (κ2) is 9.21. The van der Waals surface area contributed by atoms with Crippen molar-refractivity contribution < 1.29 is 23.5 Å². The molecule has 29 heavy (non-hydrogen) atoms. The van der Waals surface area contributed by atoms with Crippen molar-refractivity contribution in [1.82, 2.24) is 0 Å². The van der Waals surface area contributed by atoms with Crippen LogP contribution in [0.25, 0.3) is 0 Å². The minimum Gasteiger partial charge on any atom is -0.497 e. The van der Waals surface area contributed by atoms with E-state index in [1.54, 1.807) is 54.6 Å². The number of rotatable bonds is 6. The average Bonchev–Trinajstić information content (AvgIpc) is 2.72. The van der Waals surface area contributed by atoms with Crippen LogP contribution in [-0.4, -0.2) is 19.0 Å². The Morgan fingerprint density at radius 2 is 1.72 bits per heavy atom. The van der Waals surface area contributed by atoms with Gasteiger partial charge in [-0.3, -0.25) is 4.79 Å². The van der Waals surface area contributed by atoms with Gasteiger partial charge in [0.05, 0.1) is 12.1 Å². The smallest absolute Gasteiger partial charge is 0.343 e. The minimum absolute atomic E-state index is 0.102. The van der Waals surface area contributed by atoms with Crippen LogP contribution in [-0.2, 0) is 9.53 Å².